The molecule has 0 spiro atoms. The molecule has 27 heavy (non-hydrogen) atoms. The summed E-state index contributed by atoms with van der Waals surface area (Å²) in [4.78, 5) is 14.5. The first-order valence-electron chi connectivity index (χ1n) is 9.06. The van der Waals surface area contributed by atoms with Crippen molar-refractivity contribution in [3.8, 4) is 6.07 Å². The second-order valence-electron chi connectivity index (χ2n) is 7.48. The number of carbonyl (C=O) groups excluding carboxylic acids is 1. The van der Waals surface area contributed by atoms with Gasteiger partial charge in [-0.05, 0) is 49.1 Å². The zero-order chi connectivity index (χ0) is 19.4. The van der Waals surface area contributed by atoms with Crippen molar-refractivity contribution in [1.29, 1.82) is 5.26 Å². The highest BCUT2D eigenvalue weighted by atomic mass is 16.2. The molecule has 1 aromatic carbocycles. The number of nitrogens with one attached hydrogen (secondary N) is 2. The zero-order valence-electron chi connectivity index (χ0n) is 15.9. The van der Waals surface area contributed by atoms with Gasteiger partial charge < -0.3 is 15.5 Å². The quantitative estimate of drug-likeness (QED) is 0.868. The van der Waals surface area contributed by atoms with Crippen molar-refractivity contribution in [3.05, 3.63) is 47.7 Å². The number of urea groups is 1. The summed E-state index contributed by atoms with van der Waals surface area (Å²) < 4.78 is 0. The molecule has 2 aromatic rings. The number of amides is 2. The maximum Gasteiger partial charge on any atom is 0.319 e. The number of rotatable bonds is 4. The van der Waals surface area contributed by atoms with Crippen LogP contribution >= 0.6 is 0 Å². The predicted molar refractivity (Wildman–Crippen MR) is 105 cm³/mol. The number of hydrogen-bond acceptors (Lipinski definition) is 5. The van der Waals surface area contributed by atoms with Gasteiger partial charge in [0.2, 0.25) is 0 Å². The van der Waals surface area contributed by atoms with Crippen LogP contribution in [0.4, 0.5) is 16.3 Å². The van der Waals surface area contributed by atoms with Crippen LogP contribution < -0.4 is 15.5 Å². The van der Waals surface area contributed by atoms with Crippen molar-refractivity contribution < 1.29 is 4.79 Å². The Morgan fingerprint density at radius 3 is 2.56 bits per heavy atom. The van der Waals surface area contributed by atoms with E-state index in [4.69, 9.17) is 5.26 Å². The summed E-state index contributed by atoms with van der Waals surface area (Å²) in [5, 5.41) is 22.8. The minimum Gasteiger partial charge on any atom is -0.353 e. The number of hydrogen-bond donors (Lipinski definition) is 2. The Bertz CT molecular complexity index is 840. The normalized spacial score (nSPS) is 19.0. The first kappa shape index (κ1) is 18.6. The third-order valence-electron chi connectivity index (χ3n) is 4.81. The molecule has 1 fully saturated rings. The van der Waals surface area contributed by atoms with Gasteiger partial charge in [0.1, 0.15) is 6.07 Å². The summed E-state index contributed by atoms with van der Waals surface area (Å²) in [6.07, 6.45) is 0.800. The minimum absolute atomic E-state index is 0.220. The van der Waals surface area contributed by atoms with E-state index in [1.54, 1.807) is 12.1 Å². The number of aromatic nitrogens is 2. The van der Waals surface area contributed by atoms with E-state index in [0.29, 0.717) is 24.0 Å². The smallest absolute Gasteiger partial charge is 0.319 e. The summed E-state index contributed by atoms with van der Waals surface area (Å²) in [7, 11) is 0. The Labute approximate surface area is 159 Å². The van der Waals surface area contributed by atoms with Crippen LogP contribution in [0.1, 0.15) is 44.4 Å². The maximum absolute atomic E-state index is 12.4. The van der Waals surface area contributed by atoms with Crippen LogP contribution in [0.15, 0.2) is 36.4 Å². The van der Waals surface area contributed by atoms with Crippen LogP contribution in [-0.4, -0.2) is 34.9 Å². The van der Waals surface area contributed by atoms with Gasteiger partial charge in [0.25, 0.3) is 0 Å². The second kappa shape index (κ2) is 7.62. The average Bonchev–Trinajstić information content (AvgIpc) is 3.03. The lowest BCUT2D eigenvalue weighted by molar-refractivity contribution is 0.241. The number of carbonyl (C=O) groups is 1. The fourth-order valence-corrected chi connectivity index (χ4v) is 3.20. The molecule has 2 N–H and O–H groups in total. The SMILES string of the molecule is CC(C)c1ccc(NC(=O)N[C@@]2(C)CCN(c3ccc(C#N)nn3)C2)cc1. The van der Waals surface area contributed by atoms with Gasteiger partial charge in [-0.3, -0.25) is 0 Å². The molecule has 7 nitrogen and oxygen atoms in total. The highest BCUT2D eigenvalue weighted by molar-refractivity contribution is 5.89. The highest BCUT2D eigenvalue weighted by Gasteiger charge is 2.35. The van der Waals surface area contributed by atoms with Crippen LogP contribution in [0.2, 0.25) is 0 Å². The molecule has 1 aromatic heterocycles. The molecule has 0 aliphatic carbocycles. The monoisotopic (exact) mass is 364 g/mol. The number of nitrogens with zero attached hydrogens (tertiary/aromatic N) is 4. The third-order valence-corrected chi connectivity index (χ3v) is 4.81. The molecule has 0 bridgehead atoms. The van der Waals surface area contributed by atoms with E-state index in [-0.39, 0.29) is 11.6 Å². The molecule has 2 amide bonds. The van der Waals surface area contributed by atoms with Crippen LogP contribution in [0, 0.1) is 11.3 Å². The van der Waals surface area contributed by atoms with Crippen molar-refractivity contribution in [3.63, 3.8) is 0 Å². The maximum atomic E-state index is 12.4. The molecular weight excluding hydrogens is 340 g/mol. The Morgan fingerprint density at radius 2 is 1.96 bits per heavy atom. The standard InChI is InChI=1S/C20H24N6O/c1-14(2)15-4-6-16(7-5-15)22-19(27)23-20(3)10-11-26(13-20)18-9-8-17(12-21)24-25-18/h4-9,14H,10-11,13H2,1-3H3,(H2,22,23,27)/t20-/m0/s1. The molecular formula is C20H24N6O. The molecule has 0 unspecified atom stereocenters. The molecule has 1 aliphatic rings. The Kier molecular flexibility index (Phi) is 5.26. The molecule has 140 valence electrons. The van der Waals surface area contributed by atoms with E-state index in [2.05, 4.69) is 39.6 Å². The van der Waals surface area contributed by atoms with Gasteiger partial charge in [-0.1, -0.05) is 26.0 Å². The molecule has 0 saturated carbocycles. The second-order valence-corrected chi connectivity index (χ2v) is 7.48. The van der Waals surface area contributed by atoms with Gasteiger partial charge in [-0.2, -0.15) is 5.26 Å². The summed E-state index contributed by atoms with van der Waals surface area (Å²) >= 11 is 0. The van der Waals surface area contributed by atoms with E-state index in [0.717, 1.165) is 18.7 Å². The summed E-state index contributed by atoms with van der Waals surface area (Å²) in [6.45, 7) is 7.69. The lowest BCUT2D eigenvalue weighted by Gasteiger charge is -2.26. The van der Waals surface area contributed by atoms with E-state index < -0.39 is 0 Å². The largest absolute Gasteiger partial charge is 0.353 e. The van der Waals surface area contributed by atoms with Crippen molar-refractivity contribution in [1.82, 2.24) is 15.5 Å². The topological polar surface area (TPSA) is 93.9 Å². The molecule has 1 aliphatic heterocycles. The molecule has 3 rings (SSSR count). The van der Waals surface area contributed by atoms with Crippen molar-refractivity contribution in [2.75, 3.05) is 23.3 Å². The van der Waals surface area contributed by atoms with Gasteiger partial charge in [-0.25, -0.2) is 4.79 Å². The molecule has 2 heterocycles. The summed E-state index contributed by atoms with van der Waals surface area (Å²) in [5.41, 5.74) is 1.94. The van der Waals surface area contributed by atoms with Crippen LogP contribution in [0.5, 0.6) is 0 Å². The highest BCUT2D eigenvalue weighted by Crippen LogP contribution is 2.25. The predicted octanol–water partition coefficient (Wildman–Crippen LogP) is 3.26. The molecule has 1 saturated heterocycles. The van der Waals surface area contributed by atoms with Crippen molar-refractivity contribution in [2.45, 2.75) is 38.6 Å². The van der Waals surface area contributed by atoms with E-state index in [9.17, 15) is 4.79 Å². The number of anilines is 2. The lowest BCUT2D eigenvalue weighted by Crippen LogP contribution is -2.49. The molecule has 0 radical (unpaired) electrons. The lowest BCUT2D eigenvalue weighted by atomic mass is 10.0. The Hall–Kier alpha value is -3.14. The fraction of sp³-hybridized carbons (Fsp3) is 0.400. The third kappa shape index (κ3) is 4.53. The fourth-order valence-electron chi connectivity index (χ4n) is 3.20. The van der Waals surface area contributed by atoms with Gasteiger partial charge in [0.15, 0.2) is 11.5 Å². The zero-order valence-corrected chi connectivity index (χ0v) is 15.9. The van der Waals surface area contributed by atoms with Crippen LogP contribution in [0.25, 0.3) is 0 Å². The summed E-state index contributed by atoms with van der Waals surface area (Å²) in [5.74, 6) is 1.17. The average molecular weight is 364 g/mol. The van der Waals surface area contributed by atoms with E-state index >= 15 is 0 Å². The van der Waals surface area contributed by atoms with E-state index in [1.807, 2.05) is 37.3 Å². The van der Waals surface area contributed by atoms with Crippen molar-refractivity contribution in [2.24, 2.45) is 0 Å². The van der Waals surface area contributed by atoms with Crippen LogP contribution in [-0.2, 0) is 0 Å². The number of benzene rings is 1. The van der Waals surface area contributed by atoms with Gasteiger partial charge in [-0.15, -0.1) is 10.2 Å². The Morgan fingerprint density at radius 1 is 1.22 bits per heavy atom. The van der Waals surface area contributed by atoms with Gasteiger partial charge >= 0.3 is 6.03 Å². The molecule has 7 heteroatoms. The first-order valence-corrected chi connectivity index (χ1v) is 9.06. The first-order chi connectivity index (χ1) is 12.9. The van der Waals surface area contributed by atoms with Crippen LogP contribution in [0.3, 0.4) is 0 Å². The van der Waals surface area contributed by atoms with Crippen molar-refractivity contribution >= 4 is 17.5 Å². The van der Waals surface area contributed by atoms with E-state index in [1.165, 1.54) is 5.56 Å². The van der Waals surface area contributed by atoms with Gasteiger partial charge in [0.05, 0.1) is 5.54 Å². The summed E-state index contributed by atoms with van der Waals surface area (Å²) in [6, 6.07) is 13.1. The number of nitriles is 1. The minimum atomic E-state index is -0.364. The Balaban J connectivity index is 1.58. The molecule has 1 atom stereocenters. The van der Waals surface area contributed by atoms with Gasteiger partial charge in [0, 0.05) is 18.8 Å².